The molecule has 0 aliphatic carbocycles. The monoisotopic (exact) mass is 237 g/mol. The molecule has 17 heavy (non-hydrogen) atoms. The van der Waals surface area contributed by atoms with Gasteiger partial charge in [0.25, 0.3) is 0 Å². The van der Waals surface area contributed by atoms with Gasteiger partial charge in [0.05, 0.1) is 36.9 Å². The number of hydrogen-bond acceptors (Lipinski definition) is 5. The molecule has 1 aliphatic rings. The molecule has 2 rings (SSSR count). The van der Waals surface area contributed by atoms with Gasteiger partial charge in [-0.1, -0.05) is 0 Å². The number of rotatable bonds is 3. The van der Waals surface area contributed by atoms with Crippen molar-refractivity contribution in [3.05, 3.63) is 24.0 Å². The fraction of sp³-hybridized carbons (Fsp3) is 0.583. The van der Waals surface area contributed by atoms with Crippen molar-refractivity contribution in [2.45, 2.75) is 19.1 Å². The van der Waals surface area contributed by atoms with Crippen molar-refractivity contribution in [2.24, 2.45) is 5.73 Å². The van der Waals surface area contributed by atoms with Gasteiger partial charge in [-0.15, -0.1) is 0 Å². The number of anilines is 1. The van der Waals surface area contributed by atoms with E-state index in [9.17, 15) is 0 Å². The first-order valence-corrected chi connectivity index (χ1v) is 5.89. The summed E-state index contributed by atoms with van der Waals surface area (Å²) in [5.41, 5.74) is 7.70. The molecule has 0 aromatic carbocycles. The molecule has 2 atom stereocenters. The van der Waals surface area contributed by atoms with E-state index in [-0.39, 0.29) is 18.8 Å². The van der Waals surface area contributed by atoms with Crippen molar-refractivity contribution in [2.75, 3.05) is 31.2 Å². The third-order valence-electron chi connectivity index (χ3n) is 2.94. The molecule has 5 heteroatoms. The van der Waals surface area contributed by atoms with E-state index in [2.05, 4.69) is 9.88 Å². The zero-order valence-electron chi connectivity index (χ0n) is 10.0. The van der Waals surface area contributed by atoms with E-state index in [1.165, 1.54) is 0 Å². The molecule has 5 nitrogen and oxygen atoms in total. The highest BCUT2D eigenvalue weighted by atomic mass is 16.5. The van der Waals surface area contributed by atoms with Crippen LogP contribution in [0.3, 0.4) is 0 Å². The third-order valence-corrected chi connectivity index (χ3v) is 2.94. The fourth-order valence-electron chi connectivity index (χ4n) is 1.92. The number of nitrogens with two attached hydrogens (primary N) is 1. The predicted octanol–water partition coefficient (Wildman–Crippen LogP) is 0.299. The highest BCUT2D eigenvalue weighted by Gasteiger charge is 2.20. The first kappa shape index (κ1) is 12.3. The SMILES string of the molecule is CC(N)c1ccc(N2CCOC(CO)C2)cn1. The molecule has 0 saturated carbocycles. The molecule has 1 aromatic rings. The number of aromatic nitrogens is 1. The average molecular weight is 237 g/mol. The van der Waals surface area contributed by atoms with E-state index >= 15 is 0 Å². The van der Waals surface area contributed by atoms with E-state index in [4.69, 9.17) is 15.6 Å². The van der Waals surface area contributed by atoms with Crippen molar-refractivity contribution in [1.82, 2.24) is 4.98 Å². The Kier molecular flexibility index (Phi) is 3.93. The molecular formula is C12H19N3O2. The van der Waals surface area contributed by atoms with Crippen LogP contribution >= 0.6 is 0 Å². The Bertz CT molecular complexity index is 353. The molecule has 1 fully saturated rings. The van der Waals surface area contributed by atoms with Gasteiger partial charge in [0.15, 0.2) is 0 Å². The molecule has 0 bridgehead atoms. The minimum Gasteiger partial charge on any atom is -0.394 e. The van der Waals surface area contributed by atoms with Crippen molar-refractivity contribution in [3.8, 4) is 0 Å². The second-order valence-electron chi connectivity index (χ2n) is 4.35. The second-order valence-corrected chi connectivity index (χ2v) is 4.35. The summed E-state index contributed by atoms with van der Waals surface area (Å²) in [5.74, 6) is 0. The maximum atomic E-state index is 9.09. The van der Waals surface area contributed by atoms with Crippen LogP contribution in [0.5, 0.6) is 0 Å². The smallest absolute Gasteiger partial charge is 0.0980 e. The Hall–Kier alpha value is -1.17. The summed E-state index contributed by atoms with van der Waals surface area (Å²) in [4.78, 5) is 6.50. The predicted molar refractivity (Wildman–Crippen MR) is 65.9 cm³/mol. The number of hydrogen-bond donors (Lipinski definition) is 2. The van der Waals surface area contributed by atoms with Gasteiger partial charge < -0.3 is 20.5 Å². The lowest BCUT2D eigenvalue weighted by molar-refractivity contribution is 0.00355. The molecule has 0 spiro atoms. The average Bonchev–Trinajstić information content (AvgIpc) is 2.39. The minimum atomic E-state index is -0.100. The van der Waals surface area contributed by atoms with E-state index in [1.807, 2.05) is 25.3 Å². The minimum absolute atomic E-state index is 0.0427. The quantitative estimate of drug-likeness (QED) is 0.791. The standard InChI is InChI=1S/C12H19N3O2/c1-9(13)12-3-2-10(6-14-12)15-4-5-17-11(7-15)8-16/h2-3,6,9,11,16H,4-5,7-8,13H2,1H3. The van der Waals surface area contributed by atoms with Crippen LogP contribution in [0.15, 0.2) is 18.3 Å². The van der Waals surface area contributed by atoms with Gasteiger partial charge in [-0.3, -0.25) is 4.98 Å². The summed E-state index contributed by atoms with van der Waals surface area (Å²) in [6, 6.07) is 3.92. The van der Waals surface area contributed by atoms with Crippen LogP contribution in [0.4, 0.5) is 5.69 Å². The number of aliphatic hydroxyl groups is 1. The van der Waals surface area contributed by atoms with Crippen LogP contribution in [-0.2, 0) is 4.74 Å². The van der Waals surface area contributed by atoms with Crippen molar-refractivity contribution in [3.63, 3.8) is 0 Å². The highest BCUT2D eigenvalue weighted by molar-refractivity contribution is 5.45. The van der Waals surface area contributed by atoms with Crippen LogP contribution in [0.25, 0.3) is 0 Å². The summed E-state index contributed by atoms with van der Waals surface area (Å²) < 4.78 is 5.41. The van der Waals surface area contributed by atoms with E-state index in [1.54, 1.807) is 0 Å². The number of aliphatic hydroxyl groups excluding tert-OH is 1. The van der Waals surface area contributed by atoms with Crippen LogP contribution < -0.4 is 10.6 Å². The largest absolute Gasteiger partial charge is 0.394 e. The zero-order valence-corrected chi connectivity index (χ0v) is 10.0. The molecule has 1 aliphatic heterocycles. The summed E-state index contributed by atoms with van der Waals surface area (Å²) in [6.45, 7) is 4.14. The van der Waals surface area contributed by atoms with Crippen LogP contribution in [0, 0.1) is 0 Å². The van der Waals surface area contributed by atoms with Gasteiger partial charge in [0.2, 0.25) is 0 Å². The first-order chi connectivity index (χ1) is 8.20. The van der Waals surface area contributed by atoms with Gasteiger partial charge in [0, 0.05) is 19.1 Å². The molecule has 0 amide bonds. The number of ether oxygens (including phenoxy) is 1. The fourth-order valence-corrected chi connectivity index (χ4v) is 1.92. The Morgan fingerprint density at radius 3 is 3.06 bits per heavy atom. The molecule has 1 saturated heterocycles. The van der Waals surface area contributed by atoms with Crippen LogP contribution in [0.1, 0.15) is 18.7 Å². The van der Waals surface area contributed by atoms with Crippen LogP contribution in [-0.4, -0.2) is 42.5 Å². The maximum Gasteiger partial charge on any atom is 0.0980 e. The molecule has 3 N–H and O–H groups in total. The normalized spacial score (nSPS) is 22.5. The van der Waals surface area contributed by atoms with Gasteiger partial charge >= 0.3 is 0 Å². The number of pyridine rings is 1. The molecule has 94 valence electrons. The Morgan fingerprint density at radius 1 is 1.65 bits per heavy atom. The molecule has 2 heterocycles. The number of morpholine rings is 1. The van der Waals surface area contributed by atoms with Gasteiger partial charge in [-0.05, 0) is 19.1 Å². The topological polar surface area (TPSA) is 71.6 Å². The molecular weight excluding hydrogens is 218 g/mol. The van der Waals surface area contributed by atoms with Crippen molar-refractivity contribution >= 4 is 5.69 Å². The summed E-state index contributed by atoms with van der Waals surface area (Å²) in [7, 11) is 0. The molecule has 1 aromatic heterocycles. The Balaban J connectivity index is 2.06. The van der Waals surface area contributed by atoms with Gasteiger partial charge in [0.1, 0.15) is 0 Å². The Morgan fingerprint density at radius 2 is 2.47 bits per heavy atom. The van der Waals surface area contributed by atoms with E-state index < -0.39 is 0 Å². The first-order valence-electron chi connectivity index (χ1n) is 5.89. The Labute approximate surface area is 101 Å². The van der Waals surface area contributed by atoms with E-state index in [0.717, 1.165) is 17.9 Å². The molecule has 0 radical (unpaired) electrons. The highest BCUT2D eigenvalue weighted by Crippen LogP contribution is 2.18. The van der Waals surface area contributed by atoms with Crippen molar-refractivity contribution < 1.29 is 9.84 Å². The van der Waals surface area contributed by atoms with Gasteiger partial charge in [-0.2, -0.15) is 0 Å². The lowest BCUT2D eigenvalue weighted by atomic mass is 10.2. The molecule has 2 unspecified atom stereocenters. The van der Waals surface area contributed by atoms with Crippen LogP contribution in [0.2, 0.25) is 0 Å². The lowest BCUT2D eigenvalue weighted by Crippen LogP contribution is -2.44. The summed E-state index contributed by atoms with van der Waals surface area (Å²) >= 11 is 0. The summed E-state index contributed by atoms with van der Waals surface area (Å²) in [5, 5.41) is 9.09. The van der Waals surface area contributed by atoms with Crippen molar-refractivity contribution in [1.29, 1.82) is 0 Å². The number of nitrogens with zero attached hydrogens (tertiary/aromatic N) is 2. The van der Waals surface area contributed by atoms with E-state index in [0.29, 0.717) is 13.2 Å². The second kappa shape index (κ2) is 5.44. The zero-order chi connectivity index (χ0) is 12.3. The summed E-state index contributed by atoms with van der Waals surface area (Å²) in [6.07, 6.45) is 1.73. The third kappa shape index (κ3) is 2.94. The maximum absolute atomic E-state index is 9.09. The van der Waals surface area contributed by atoms with Gasteiger partial charge in [-0.25, -0.2) is 0 Å². The lowest BCUT2D eigenvalue weighted by Gasteiger charge is -2.33.